The molecule has 0 saturated carbocycles. The minimum Gasteiger partial charge on any atom is -0.476 e. The number of amides is 1. The lowest BCUT2D eigenvalue weighted by atomic mass is 10.0. The lowest BCUT2D eigenvalue weighted by Crippen LogP contribution is -2.32. The van der Waals surface area contributed by atoms with E-state index >= 15 is 0 Å². The van der Waals surface area contributed by atoms with Crippen molar-refractivity contribution in [2.75, 3.05) is 25.5 Å². The summed E-state index contributed by atoms with van der Waals surface area (Å²) in [6.07, 6.45) is 2.26. The number of anilines is 1. The number of hydrogen-bond donors (Lipinski definition) is 1. The number of rotatable bonds is 4. The summed E-state index contributed by atoms with van der Waals surface area (Å²) in [4.78, 5) is 31.5. The molecule has 2 aromatic rings. The Labute approximate surface area is 152 Å². The summed E-state index contributed by atoms with van der Waals surface area (Å²) in [6.45, 7) is 5.15. The van der Waals surface area contributed by atoms with Gasteiger partial charge in [0, 0.05) is 57.1 Å². The Bertz CT molecular complexity index is 839. The van der Waals surface area contributed by atoms with Gasteiger partial charge in [0.25, 0.3) is 5.91 Å². The van der Waals surface area contributed by atoms with Crippen LogP contribution in [-0.4, -0.2) is 57.3 Å². The number of aromatic nitrogens is 3. The molecule has 1 aliphatic rings. The Morgan fingerprint density at radius 3 is 2.54 bits per heavy atom. The Morgan fingerprint density at radius 2 is 2.00 bits per heavy atom. The Balaban J connectivity index is 1.88. The van der Waals surface area contributed by atoms with Crippen LogP contribution in [0.15, 0.2) is 18.3 Å². The lowest BCUT2D eigenvalue weighted by Gasteiger charge is -2.29. The fraction of sp³-hybridized carbons (Fsp3) is 0.444. The summed E-state index contributed by atoms with van der Waals surface area (Å²) in [5.74, 6) is -0.390. The molecule has 8 heteroatoms. The molecule has 0 aliphatic carbocycles. The molecule has 0 fully saturated rings. The van der Waals surface area contributed by atoms with Gasteiger partial charge >= 0.3 is 5.97 Å². The van der Waals surface area contributed by atoms with Crippen molar-refractivity contribution in [3.05, 3.63) is 40.8 Å². The van der Waals surface area contributed by atoms with Gasteiger partial charge in [-0.3, -0.25) is 9.48 Å². The first-order chi connectivity index (χ1) is 12.3. The van der Waals surface area contributed by atoms with Crippen LogP contribution in [0.1, 0.15) is 52.0 Å². The highest BCUT2D eigenvalue weighted by Crippen LogP contribution is 2.27. The largest absolute Gasteiger partial charge is 0.476 e. The van der Waals surface area contributed by atoms with E-state index < -0.39 is 5.97 Å². The van der Waals surface area contributed by atoms with E-state index in [4.69, 9.17) is 0 Å². The van der Waals surface area contributed by atoms with E-state index in [1.807, 2.05) is 23.4 Å². The minimum atomic E-state index is -1.01. The van der Waals surface area contributed by atoms with Crippen molar-refractivity contribution in [3.8, 4) is 0 Å². The number of carboxylic acid groups (broad SMARTS) is 1. The van der Waals surface area contributed by atoms with E-state index in [-0.39, 0.29) is 17.6 Å². The third-order valence-corrected chi connectivity index (χ3v) is 4.50. The zero-order chi connectivity index (χ0) is 19.0. The van der Waals surface area contributed by atoms with E-state index in [1.165, 1.54) is 4.90 Å². The van der Waals surface area contributed by atoms with Crippen molar-refractivity contribution < 1.29 is 14.7 Å². The second-order valence-electron chi connectivity index (χ2n) is 6.89. The van der Waals surface area contributed by atoms with E-state index in [2.05, 4.69) is 10.1 Å². The van der Waals surface area contributed by atoms with Crippen LogP contribution in [0.5, 0.6) is 0 Å². The monoisotopic (exact) mass is 357 g/mol. The van der Waals surface area contributed by atoms with Gasteiger partial charge in [0.15, 0.2) is 5.69 Å². The fourth-order valence-corrected chi connectivity index (χ4v) is 3.20. The number of hydrogen-bond acceptors (Lipinski definition) is 5. The molecule has 26 heavy (non-hydrogen) atoms. The summed E-state index contributed by atoms with van der Waals surface area (Å²) in [7, 11) is 3.39. The maximum atomic E-state index is 12.0. The first kappa shape index (κ1) is 17.9. The number of carbonyl (C=O) groups excluding carboxylic acids is 1. The summed E-state index contributed by atoms with van der Waals surface area (Å²) in [6, 6.07) is 3.66. The summed E-state index contributed by atoms with van der Waals surface area (Å²) in [5, 5.41) is 13.8. The predicted molar refractivity (Wildman–Crippen MR) is 96.6 cm³/mol. The van der Waals surface area contributed by atoms with Crippen molar-refractivity contribution in [2.24, 2.45) is 0 Å². The first-order valence-corrected chi connectivity index (χ1v) is 8.55. The summed E-state index contributed by atoms with van der Waals surface area (Å²) >= 11 is 0. The number of nitrogens with zero attached hydrogens (tertiary/aromatic N) is 5. The second kappa shape index (κ2) is 6.78. The molecule has 0 bridgehead atoms. The van der Waals surface area contributed by atoms with Crippen molar-refractivity contribution in [2.45, 2.75) is 32.9 Å². The molecule has 0 atom stereocenters. The zero-order valence-corrected chi connectivity index (χ0v) is 15.4. The Hall–Kier alpha value is -2.90. The van der Waals surface area contributed by atoms with Crippen LogP contribution in [0, 0.1) is 0 Å². The van der Waals surface area contributed by atoms with Crippen LogP contribution in [0.2, 0.25) is 0 Å². The molecule has 0 aromatic carbocycles. The number of fused-ring (bicyclic) bond motifs is 1. The van der Waals surface area contributed by atoms with Gasteiger partial charge < -0.3 is 14.9 Å². The van der Waals surface area contributed by atoms with Gasteiger partial charge in [0.1, 0.15) is 5.82 Å². The third kappa shape index (κ3) is 3.14. The molecular formula is C18H23N5O3. The van der Waals surface area contributed by atoms with Crippen LogP contribution in [-0.2, 0) is 13.0 Å². The quantitative estimate of drug-likeness (QED) is 0.897. The number of carbonyl (C=O) groups is 2. The van der Waals surface area contributed by atoms with Gasteiger partial charge in [0.2, 0.25) is 0 Å². The van der Waals surface area contributed by atoms with Gasteiger partial charge in [-0.2, -0.15) is 5.10 Å². The minimum absolute atomic E-state index is 0.101. The molecule has 3 heterocycles. The second-order valence-corrected chi connectivity index (χ2v) is 6.89. The molecule has 0 unspecified atom stereocenters. The van der Waals surface area contributed by atoms with E-state index in [9.17, 15) is 14.7 Å². The molecule has 0 radical (unpaired) electrons. The Kier molecular flexibility index (Phi) is 4.67. The molecule has 0 spiro atoms. The smallest absolute Gasteiger partial charge is 0.356 e. The van der Waals surface area contributed by atoms with E-state index in [0.29, 0.717) is 18.5 Å². The Morgan fingerprint density at radius 1 is 1.27 bits per heavy atom. The van der Waals surface area contributed by atoms with Crippen molar-refractivity contribution in [1.29, 1.82) is 0 Å². The summed E-state index contributed by atoms with van der Waals surface area (Å²) < 4.78 is 1.81. The molecule has 3 rings (SSSR count). The molecule has 138 valence electrons. The van der Waals surface area contributed by atoms with E-state index in [0.717, 1.165) is 23.6 Å². The van der Waals surface area contributed by atoms with E-state index in [1.54, 1.807) is 32.4 Å². The first-order valence-electron chi connectivity index (χ1n) is 8.55. The highest BCUT2D eigenvalue weighted by molar-refractivity contribution is 5.93. The fourth-order valence-electron chi connectivity index (χ4n) is 3.20. The van der Waals surface area contributed by atoms with Crippen LogP contribution < -0.4 is 4.90 Å². The number of aromatic carboxylic acids is 1. The molecular weight excluding hydrogens is 334 g/mol. The SMILES string of the molecule is CC(C)n1nc(C(=O)O)c2c1CCN(c1ccc(C(=O)N(C)C)cn1)C2. The van der Waals surface area contributed by atoms with Gasteiger partial charge in [-0.15, -0.1) is 0 Å². The zero-order valence-electron chi connectivity index (χ0n) is 15.4. The number of carboxylic acids is 1. The average Bonchev–Trinajstić information content (AvgIpc) is 3.00. The number of pyridine rings is 1. The van der Waals surface area contributed by atoms with Crippen LogP contribution in [0.25, 0.3) is 0 Å². The highest BCUT2D eigenvalue weighted by Gasteiger charge is 2.29. The average molecular weight is 357 g/mol. The third-order valence-electron chi connectivity index (χ3n) is 4.50. The van der Waals surface area contributed by atoms with Gasteiger partial charge in [-0.05, 0) is 26.0 Å². The predicted octanol–water partition coefficient (Wildman–Crippen LogP) is 1.82. The molecule has 1 amide bonds. The van der Waals surface area contributed by atoms with Gasteiger partial charge in [-0.1, -0.05) is 0 Å². The van der Waals surface area contributed by atoms with Gasteiger partial charge in [-0.25, -0.2) is 9.78 Å². The van der Waals surface area contributed by atoms with Crippen molar-refractivity contribution in [1.82, 2.24) is 19.7 Å². The topological polar surface area (TPSA) is 91.6 Å². The maximum absolute atomic E-state index is 12.0. The standard InChI is InChI=1S/C18H23N5O3/c1-11(2)23-14-7-8-22(10-13(14)16(20-23)18(25)26)15-6-5-12(9-19-15)17(24)21(3)4/h5-6,9,11H,7-8,10H2,1-4H3,(H,25,26). The summed E-state index contributed by atoms with van der Waals surface area (Å²) in [5.41, 5.74) is 2.36. The highest BCUT2D eigenvalue weighted by atomic mass is 16.4. The van der Waals surface area contributed by atoms with Crippen LogP contribution >= 0.6 is 0 Å². The van der Waals surface area contributed by atoms with Crippen LogP contribution in [0.3, 0.4) is 0 Å². The van der Waals surface area contributed by atoms with Gasteiger partial charge in [0.05, 0.1) is 5.56 Å². The molecule has 1 N–H and O–H groups in total. The molecule has 2 aromatic heterocycles. The molecule has 1 aliphatic heterocycles. The maximum Gasteiger partial charge on any atom is 0.356 e. The van der Waals surface area contributed by atoms with Crippen molar-refractivity contribution >= 4 is 17.7 Å². The molecule has 8 nitrogen and oxygen atoms in total. The molecule has 0 saturated heterocycles. The van der Waals surface area contributed by atoms with Crippen molar-refractivity contribution in [3.63, 3.8) is 0 Å². The normalized spacial score (nSPS) is 13.7. The van der Waals surface area contributed by atoms with Crippen LogP contribution in [0.4, 0.5) is 5.82 Å². The lowest BCUT2D eigenvalue weighted by molar-refractivity contribution is 0.0687.